The second-order valence-corrected chi connectivity index (χ2v) is 6.25. The summed E-state index contributed by atoms with van der Waals surface area (Å²) in [5, 5.41) is 0. The van der Waals surface area contributed by atoms with Gasteiger partial charge in [-0.15, -0.1) is 0 Å². The van der Waals surface area contributed by atoms with Crippen molar-refractivity contribution in [2.75, 3.05) is 0 Å². The van der Waals surface area contributed by atoms with Crippen molar-refractivity contribution in [2.24, 2.45) is 5.73 Å². The van der Waals surface area contributed by atoms with Crippen molar-refractivity contribution in [1.29, 1.82) is 0 Å². The third-order valence-corrected chi connectivity index (χ3v) is 4.76. The Morgan fingerprint density at radius 1 is 1.32 bits per heavy atom. The van der Waals surface area contributed by atoms with Gasteiger partial charge in [-0.05, 0) is 56.7 Å². The van der Waals surface area contributed by atoms with Crippen LogP contribution in [0.2, 0.25) is 0 Å². The highest BCUT2D eigenvalue weighted by Crippen LogP contribution is 2.37. The summed E-state index contributed by atoms with van der Waals surface area (Å²) in [5.41, 5.74) is 7.21. The molecule has 0 aromatic heterocycles. The standard InChI is InChI=1S/C16H23FN2/c1-11(7-12-3-2-4-13(17)8-12)19-15-5-6-16(19)10-14(18)9-15/h2-4,8,11,14-16H,5-7,9-10,18H2,1H3. The average molecular weight is 262 g/mol. The lowest BCUT2D eigenvalue weighted by atomic mass is 9.94. The summed E-state index contributed by atoms with van der Waals surface area (Å²) in [6, 6.07) is 9.16. The van der Waals surface area contributed by atoms with Crippen LogP contribution in [0.1, 0.15) is 38.2 Å². The molecule has 19 heavy (non-hydrogen) atoms. The smallest absolute Gasteiger partial charge is 0.123 e. The van der Waals surface area contributed by atoms with Crippen molar-refractivity contribution in [3.63, 3.8) is 0 Å². The minimum atomic E-state index is -0.131. The van der Waals surface area contributed by atoms with Gasteiger partial charge in [0.05, 0.1) is 0 Å². The predicted octanol–water partition coefficient (Wildman–Crippen LogP) is 2.71. The molecule has 0 amide bonds. The molecule has 0 aliphatic carbocycles. The molecule has 2 fully saturated rings. The van der Waals surface area contributed by atoms with Gasteiger partial charge in [-0.3, -0.25) is 4.90 Å². The van der Waals surface area contributed by atoms with Crippen LogP contribution in [-0.2, 0) is 6.42 Å². The van der Waals surface area contributed by atoms with E-state index in [4.69, 9.17) is 5.73 Å². The summed E-state index contributed by atoms with van der Waals surface area (Å²) in [6.07, 6.45) is 5.76. The van der Waals surface area contributed by atoms with Crippen LogP contribution in [0.5, 0.6) is 0 Å². The first-order chi connectivity index (χ1) is 9.13. The van der Waals surface area contributed by atoms with Gasteiger partial charge in [-0.25, -0.2) is 4.39 Å². The summed E-state index contributed by atoms with van der Waals surface area (Å²) in [6.45, 7) is 2.27. The Labute approximate surface area is 114 Å². The summed E-state index contributed by atoms with van der Waals surface area (Å²) >= 11 is 0. The minimum Gasteiger partial charge on any atom is -0.328 e. The maximum Gasteiger partial charge on any atom is 0.123 e. The maximum atomic E-state index is 13.2. The summed E-state index contributed by atoms with van der Waals surface area (Å²) in [5.74, 6) is -0.131. The lowest BCUT2D eigenvalue weighted by molar-refractivity contribution is 0.0855. The van der Waals surface area contributed by atoms with Gasteiger partial charge in [0.15, 0.2) is 0 Å². The first-order valence-corrected chi connectivity index (χ1v) is 7.41. The first kappa shape index (κ1) is 13.1. The van der Waals surface area contributed by atoms with Crippen molar-refractivity contribution in [1.82, 2.24) is 4.90 Å². The van der Waals surface area contributed by atoms with E-state index >= 15 is 0 Å². The van der Waals surface area contributed by atoms with E-state index in [2.05, 4.69) is 11.8 Å². The zero-order valence-corrected chi connectivity index (χ0v) is 11.6. The van der Waals surface area contributed by atoms with E-state index < -0.39 is 0 Å². The molecule has 1 aromatic carbocycles. The fraction of sp³-hybridized carbons (Fsp3) is 0.625. The molecule has 0 saturated carbocycles. The van der Waals surface area contributed by atoms with Crippen molar-refractivity contribution < 1.29 is 4.39 Å². The van der Waals surface area contributed by atoms with E-state index in [1.165, 1.54) is 18.9 Å². The van der Waals surface area contributed by atoms with Crippen LogP contribution in [0.15, 0.2) is 24.3 Å². The number of nitrogens with two attached hydrogens (primary N) is 1. The molecule has 3 atom stereocenters. The van der Waals surface area contributed by atoms with Crippen LogP contribution in [0.4, 0.5) is 4.39 Å². The summed E-state index contributed by atoms with van der Waals surface area (Å²) < 4.78 is 13.2. The van der Waals surface area contributed by atoms with Crippen LogP contribution >= 0.6 is 0 Å². The van der Waals surface area contributed by atoms with Crippen LogP contribution in [-0.4, -0.2) is 29.1 Å². The Kier molecular flexibility index (Phi) is 3.59. The molecule has 0 radical (unpaired) electrons. The largest absolute Gasteiger partial charge is 0.328 e. The molecule has 3 rings (SSSR count). The number of piperidine rings is 1. The SMILES string of the molecule is CC(Cc1cccc(F)c1)N1C2CCC1CC(N)C2. The minimum absolute atomic E-state index is 0.131. The monoisotopic (exact) mass is 262 g/mol. The highest BCUT2D eigenvalue weighted by Gasteiger charge is 2.41. The number of fused-ring (bicyclic) bond motifs is 2. The molecular formula is C16H23FN2. The maximum absolute atomic E-state index is 13.2. The number of rotatable bonds is 3. The summed E-state index contributed by atoms with van der Waals surface area (Å²) in [4.78, 5) is 2.65. The molecule has 2 nitrogen and oxygen atoms in total. The molecule has 2 saturated heterocycles. The molecule has 0 spiro atoms. The molecule has 3 heteroatoms. The number of nitrogens with zero attached hydrogens (tertiary/aromatic N) is 1. The number of hydrogen-bond acceptors (Lipinski definition) is 2. The van der Waals surface area contributed by atoms with Gasteiger partial charge in [-0.2, -0.15) is 0 Å². The fourth-order valence-electron chi connectivity index (χ4n) is 4.09. The van der Waals surface area contributed by atoms with Gasteiger partial charge in [0, 0.05) is 24.2 Å². The van der Waals surface area contributed by atoms with Crippen molar-refractivity contribution in [3.05, 3.63) is 35.6 Å². The Morgan fingerprint density at radius 3 is 2.63 bits per heavy atom. The molecule has 2 aliphatic heterocycles. The van der Waals surface area contributed by atoms with Gasteiger partial charge in [0.1, 0.15) is 5.82 Å². The third kappa shape index (κ3) is 2.67. The van der Waals surface area contributed by atoms with E-state index in [0.29, 0.717) is 24.2 Å². The lowest BCUT2D eigenvalue weighted by Crippen LogP contribution is -2.51. The fourth-order valence-corrected chi connectivity index (χ4v) is 4.09. The van der Waals surface area contributed by atoms with E-state index in [9.17, 15) is 4.39 Å². The third-order valence-electron chi connectivity index (χ3n) is 4.76. The molecule has 2 N–H and O–H groups in total. The van der Waals surface area contributed by atoms with Gasteiger partial charge in [-0.1, -0.05) is 12.1 Å². The molecule has 3 unspecified atom stereocenters. The normalized spacial score (nSPS) is 32.5. The predicted molar refractivity (Wildman–Crippen MR) is 75.4 cm³/mol. The van der Waals surface area contributed by atoms with Crippen molar-refractivity contribution in [2.45, 2.75) is 63.2 Å². The number of halogens is 1. The highest BCUT2D eigenvalue weighted by atomic mass is 19.1. The second kappa shape index (κ2) is 5.22. The topological polar surface area (TPSA) is 29.3 Å². The van der Waals surface area contributed by atoms with E-state index in [1.54, 1.807) is 12.1 Å². The van der Waals surface area contributed by atoms with Crippen molar-refractivity contribution in [3.8, 4) is 0 Å². The summed E-state index contributed by atoms with van der Waals surface area (Å²) in [7, 11) is 0. The highest BCUT2D eigenvalue weighted by molar-refractivity contribution is 5.17. The van der Waals surface area contributed by atoms with Crippen LogP contribution in [0.3, 0.4) is 0 Å². The zero-order valence-electron chi connectivity index (χ0n) is 11.6. The van der Waals surface area contributed by atoms with E-state index in [0.717, 1.165) is 24.8 Å². The Balaban J connectivity index is 1.69. The van der Waals surface area contributed by atoms with Crippen LogP contribution < -0.4 is 5.73 Å². The van der Waals surface area contributed by atoms with E-state index in [1.807, 2.05) is 6.07 Å². The van der Waals surface area contributed by atoms with Gasteiger partial charge in [0.25, 0.3) is 0 Å². The molecule has 2 bridgehead atoms. The quantitative estimate of drug-likeness (QED) is 0.907. The zero-order chi connectivity index (χ0) is 13.4. The number of hydrogen-bond donors (Lipinski definition) is 1. The first-order valence-electron chi connectivity index (χ1n) is 7.41. The molecule has 2 heterocycles. The molecule has 104 valence electrons. The van der Waals surface area contributed by atoms with Gasteiger partial charge < -0.3 is 5.73 Å². The van der Waals surface area contributed by atoms with Crippen LogP contribution in [0.25, 0.3) is 0 Å². The van der Waals surface area contributed by atoms with Gasteiger partial charge >= 0.3 is 0 Å². The van der Waals surface area contributed by atoms with E-state index in [-0.39, 0.29) is 5.82 Å². The van der Waals surface area contributed by atoms with Gasteiger partial charge in [0.2, 0.25) is 0 Å². The van der Waals surface area contributed by atoms with Crippen molar-refractivity contribution >= 4 is 0 Å². The molecular weight excluding hydrogens is 239 g/mol. The van der Waals surface area contributed by atoms with Crippen LogP contribution in [0, 0.1) is 5.82 Å². The molecule has 1 aromatic rings. The second-order valence-electron chi connectivity index (χ2n) is 6.25. The Hall–Kier alpha value is -0.930. The Bertz CT molecular complexity index is 434. The average Bonchev–Trinajstić information content (AvgIpc) is 2.62. The number of benzene rings is 1. The Morgan fingerprint density at radius 2 is 2.00 bits per heavy atom. The molecule has 2 aliphatic rings. The lowest BCUT2D eigenvalue weighted by Gasteiger charge is -2.41.